The number of hydrogen-bond donors (Lipinski definition) is 0. The summed E-state index contributed by atoms with van der Waals surface area (Å²) < 4.78 is 0. The van der Waals surface area contributed by atoms with E-state index in [9.17, 15) is 0 Å². The second kappa shape index (κ2) is 3.57. The van der Waals surface area contributed by atoms with Gasteiger partial charge in [0.25, 0.3) is 0 Å². The molecule has 0 spiro atoms. The summed E-state index contributed by atoms with van der Waals surface area (Å²) in [6.07, 6.45) is 7.62. The van der Waals surface area contributed by atoms with E-state index < -0.39 is 0 Å². The molecule has 1 radical (unpaired) electrons. The number of aromatic nitrogens is 1. The molecule has 63 valence electrons. The smallest absolute Gasteiger partial charge is 0.0558 e. The first-order valence-corrected chi connectivity index (χ1v) is 4.53. The van der Waals surface area contributed by atoms with E-state index in [0.29, 0.717) is 0 Å². The summed E-state index contributed by atoms with van der Waals surface area (Å²) >= 11 is 0. The molecule has 2 rings (SSSR count). The van der Waals surface area contributed by atoms with E-state index in [1.54, 1.807) is 6.20 Å². The SMILES string of the molecule is [c]1cncc(N2CCCCC2)c1. The van der Waals surface area contributed by atoms with Gasteiger partial charge < -0.3 is 4.90 Å². The monoisotopic (exact) mass is 161 g/mol. The lowest BCUT2D eigenvalue weighted by Crippen LogP contribution is -2.29. The average Bonchev–Trinajstić information content (AvgIpc) is 2.21. The maximum absolute atomic E-state index is 4.06. The van der Waals surface area contributed by atoms with E-state index in [0.717, 1.165) is 0 Å². The third-order valence-corrected chi connectivity index (χ3v) is 2.31. The summed E-state index contributed by atoms with van der Waals surface area (Å²) in [5.74, 6) is 0. The van der Waals surface area contributed by atoms with E-state index in [1.807, 2.05) is 12.3 Å². The van der Waals surface area contributed by atoms with Crippen LogP contribution in [-0.2, 0) is 0 Å². The van der Waals surface area contributed by atoms with Gasteiger partial charge in [-0.25, -0.2) is 0 Å². The Bertz CT molecular complexity index is 227. The van der Waals surface area contributed by atoms with Crippen LogP contribution in [0.25, 0.3) is 0 Å². The quantitative estimate of drug-likeness (QED) is 0.625. The van der Waals surface area contributed by atoms with Gasteiger partial charge in [-0.1, -0.05) is 0 Å². The third kappa shape index (κ3) is 1.58. The lowest BCUT2D eigenvalue weighted by molar-refractivity contribution is 0.577. The Hall–Kier alpha value is -1.05. The molecule has 0 aromatic carbocycles. The van der Waals surface area contributed by atoms with Gasteiger partial charge >= 0.3 is 0 Å². The minimum atomic E-state index is 1.18. The zero-order valence-corrected chi connectivity index (χ0v) is 7.16. The van der Waals surface area contributed by atoms with Crippen LogP contribution in [0.15, 0.2) is 18.5 Å². The van der Waals surface area contributed by atoms with Gasteiger partial charge in [-0.2, -0.15) is 0 Å². The lowest BCUT2D eigenvalue weighted by atomic mass is 10.1. The van der Waals surface area contributed by atoms with Crippen LogP contribution in [0, 0.1) is 6.07 Å². The van der Waals surface area contributed by atoms with Gasteiger partial charge in [-0.05, 0) is 25.3 Å². The predicted molar refractivity (Wildman–Crippen MR) is 49.1 cm³/mol. The largest absolute Gasteiger partial charge is 0.370 e. The number of rotatable bonds is 1. The fraction of sp³-hybridized carbons (Fsp3) is 0.500. The van der Waals surface area contributed by atoms with Crippen molar-refractivity contribution in [1.29, 1.82) is 0 Å². The third-order valence-electron chi connectivity index (χ3n) is 2.31. The molecule has 1 fully saturated rings. The van der Waals surface area contributed by atoms with Crippen LogP contribution in [-0.4, -0.2) is 18.1 Å². The molecule has 1 saturated heterocycles. The summed E-state index contributed by atoms with van der Waals surface area (Å²) in [5, 5.41) is 0. The molecule has 0 atom stereocenters. The van der Waals surface area contributed by atoms with E-state index in [2.05, 4.69) is 16.0 Å². The number of anilines is 1. The fourth-order valence-corrected chi connectivity index (χ4v) is 1.64. The summed E-state index contributed by atoms with van der Waals surface area (Å²) in [6.45, 7) is 2.36. The minimum Gasteiger partial charge on any atom is -0.370 e. The van der Waals surface area contributed by atoms with Crippen LogP contribution in [0.4, 0.5) is 5.69 Å². The highest BCUT2D eigenvalue weighted by Crippen LogP contribution is 2.17. The van der Waals surface area contributed by atoms with Gasteiger partial charge in [-0.3, -0.25) is 4.98 Å². The molecule has 12 heavy (non-hydrogen) atoms. The minimum absolute atomic E-state index is 1.18. The second-order valence-corrected chi connectivity index (χ2v) is 3.19. The Balaban J connectivity index is 2.08. The Morgan fingerprint density at radius 3 is 2.75 bits per heavy atom. The second-order valence-electron chi connectivity index (χ2n) is 3.19. The molecule has 0 aliphatic carbocycles. The molecule has 0 bridgehead atoms. The van der Waals surface area contributed by atoms with Gasteiger partial charge in [-0.15, -0.1) is 0 Å². The van der Waals surface area contributed by atoms with Crippen molar-refractivity contribution in [2.24, 2.45) is 0 Å². The maximum Gasteiger partial charge on any atom is 0.0558 e. The highest BCUT2D eigenvalue weighted by atomic mass is 15.1. The van der Waals surface area contributed by atoms with E-state index in [1.165, 1.54) is 38.0 Å². The summed E-state index contributed by atoms with van der Waals surface area (Å²) in [7, 11) is 0. The Labute approximate surface area is 73.2 Å². The van der Waals surface area contributed by atoms with E-state index >= 15 is 0 Å². The number of pyridine rings is 1. The zero-order valence-electron chi connectivity index (χ0n) is 7.16. The molecule has 0 amide bonds. The van der Waals surface area contributed by atoms with Crippen LogP contribution < -0.4 is 4.90 Å². The first-order valence-electron chi connectivity index (χ1n) is 4.53. The molecule has 0 unspecified atom stereocenters. The van der Waals surface area contributed by atoms with Crippen molar-refractivity contribution in [2.45, 2.75) is 19.3 Å². The first-order chi connectivity index (χ1) is 5.97. The Morgan fingerprint density at radius 2 is 2.08 bits per heavy atom. The molecule has 2 heteroatoms. The van der Waals surface area contributed by atoms with Crippen LogP contribution in [0.3, 0.4) is 0 Å². The molecular weight excluding hydrogens is 148 g/mol. The standard InChI is InChI=1S/C10H13N2/c1-2-7-12(8-3-1)10-5-4-6-11-9-10/h5-6,9H,1-3,7-8H2. The molecule has 1 aliphatic heterocycles. The van der Waals surface area contributed by atoms with Gasteiger partial charge in [0.05, 0.1) is 11.9 Å². The summed E-state index contributed by atoms with van der Waals surface area (Å²) in [6, 6.07) is 5.02. The molecular formula is C10H13N2. The molecule has 2 nitrogen and oxygen atoms in total. The lowest BCUT2D eigenvalue weighted by Gasteiger charge is -2.28. The molecule has 0 N–H and O–H groups in total. The zero-order chi connectivity index (χ0) is 8.23. The topological polar surface area (TPSA) is 16.1 Å². The highest BCUT2D eigenvalue weighted by molar-refractivity contribution is 5.43. The van der Waals surface area contributed by atoms with Crippen molar-refractivity contribution in [2.75, 3.05) is 18.0 Å². The summed E-state index contributed by atoms with van der Waals surface area (Å²) in [5.41, 5.74) is 1.22. The van der Waals surface area contributed by atoms with Gasteiger partial charge in [0.1, 0.15) is 0 Å². The summed E-state index contributed by atoms with van der Waals surface area (Å²) in [4.78, 5) is 6.44. The van der Waals surface area contributed by atoms with Crippen molar-refractivity contribution in [3.8, 4) is 0 Å². The van der Waals surface area contributed by atoms with Crippen molar-refractivity contribution in [3.05, 3.63) is 24.5 Å². The van der Waals surface area contributed by atoms with Crippen molar-refractivity contribution >= 4 is 5.69 Å². The molecule has 0 saturated carbocycles. The average molecular weight is 161 g/mol. The molecule has 2 heterocycles. The van der Waals surface area contributed by atoms with Crippen LogP contribution in [0.1, 0.15) is 19.3 Å². The van der Waals surface area contributed by atoms with Gasteiger partial charge in [0.2, 0.25) is 0 Å². The number of hydrogen-bond acceptors (Lipinski definition) is 2. The van der Waals surface area contributed by atoms with E-state index in [-0.39, 0.29) is 0 Å². The first kappa shape index (κ1) is 7.59. The highest BCUT2D eigenvalue weighted by Gasteiger charge is 2.09. The van der Waals surface area contributed by atoms with Crippen molar-refractivity contribution < 1.29 is 0 Å². The van der Waals surface area contributed by atoms with E-state index in [4.69, 9.17) is 0 Å². The molecule has 1 aliphatic rings. The number of piperidine rings is 1. The Morgan fingerprint density at radius 1 is 1.25 bits per heavy atom. The predicted octanol–water partition coefficient (Wildman–Crippen LogP) is 1.87. The van der Waals surface area contributed by atoms with Crippen molar-refractivity contribution in [1.82, 2.24) is 4.98 Å². The van der Waals surface area contributed by atoms with Gasteiger partial charge in [0, 0.05) is 25.4 Å². The van der Waals surface area contributed by atoms with Crippen LogP contribution in [0.2, 0.25) is 0 Å². The normalized spacial score (nSPS) is 17.8. The fourth-order valence-electron chi connectivity index (χ4n) is 1.64. The maximum atomic E-state index is 4.06. The van der Waals surface area contributed by atoms with Gasteiger partial charge in [0.15, 0.2) is 0 Å². The number of nitrogens with zero attached hydrogens (tertiary/aromatic N) is 2. The van der Waals surface area contributed by atoms with Crippen LogP contribution in [0.5, 0.6) is 0 Å². The Kier molecular flexibility index (Phi) is 2.26. The van der Waals surface area contributed by atoms with Crippen LogP contribution >= 0.6 is 0 Å². The molecule has 1 aromatic heterocycles. The molecule has 1 aromatic rings. The van der Waals surface area contributed by atoms with Crippen molar-refractivity contribution in [3.63, 3.8) is 0 Å².